The van der Waals surface area contributed by atoms with Gasteiger partial charge in [0.05, 0.1) is 11.4 Å². The highest BCUT2D eigenvalue weighted by molar-refractivity contribution is 8.26. The van der Waals surface area contributed by atoms with Crippen LogP contribution in [0, 0.1) is 5.82 Å². The van der Waals surface area contributed by atoms with Gasteiger partial charge in [-0.2, -0.15) is 0 Å². The third-order valence-corrected chi connectivity index (χ3v) is 5.95. The summed E-state index contributed by atoms with van der Waals surface area (Å²) >= 11 is 6.73. The third kappa shape index (κ3) is 4.78. The highest BCUT2D eigenvalue weighted by Gasteiger charge is 2.32. The van der Waals surface area contributed by atoms with Crippen molar-refractivity contribution in [1.29, 1.82) is 0 Å². The van der Waals surface area contributed by atoms with Gasteiger partial charge in [0.25, 0.3) is 5.91 Å². The van der Waals surface area contributed by atoms with Crippen molar-refractivity contribution >= 4 is 40.3 Å². The number of thioether (sulfide) groups is 1. The van der Waals surface area contributed by atoms with E-state index in [0.717, 1.165) is 16.7 Å². The highest BCUT2D eigenvalue weighted by Crippen LogP contribution is 2.35. The Balaban J connectivity index is 1.51. The Morgan fingerprint density at radius 3 is 2.40 bits per heavy atom. The number of carbonyl (C=O) groups excluding carboxylic acids is 1. The summed E-state index contributed by atoms with van der Waals surface area (Å²) in [4.78, 5) is 15.1. The highest BCUT2D eigenvalue weighted by atomic mass is 32.2. The number of thiocarbonyl (C=S) groups is 1. The average Bonchev–Trinajstić information content (AvgIpc) is 3.02. The van der Waals surface area contributed by atoms with Crippen molar-refractivity contribution in [3.8, 4) is 5.75 Å². The number of nitrogens with zero attached hydrogens (tertiary/aromatic N) is 1. The van der Waals surface area contributed by atoms with Crippen molar-refractivity contribution in [2.24, 2.45) is 0 Å². The number of hydrogen-bond donors (Lipinski definition) is 0. The van der Waals surface area contributed by atoms with Gasteiger partial charge in [0.15, 0.2) is 0 Å². The molecule has 1 fully saturated rings. The molecule has 30 heavy (non-hydrogen) atoms. The van der Waals surface area contributed by atoms with Crippen molar-refractivity contribution < 1.29 is 13.9 Å². The maximum atomic E-state index is 13.1. The van der Waals surface area contributed by atoms with Crippen LogP contribution in [0.3, 0.4) is 0 Å². The molecule has 0 unspecified atom stereocenters. The monoisotopic (exact) mass is 435 g/mol. The Morgan fingerprint density at radius 2 is 1.63 bits per heavy atom. The summed E-state index contributed by atoms with van der Waals surface area (Å²) < 4.78 is 19.5. The maximum Gasteiger partial charge on any atom is 0.266 e. The fourth-order valence-corrected chi connectivity index (χ4v) is 4.26. The van der Waals surface area contributed by atoms with Gasteiger partial charge in [-0.15, -0.1) is 0 Å². The second-order valence-corrected chi connectivity index (χ2v) is 8.38. The van der Waals surface area contributed by atoms with E-state index < -0.39 is 0 Å². The molecular weight excluding hydrogens is 417 g/mol. The first kappa shape index (κ1) is 20.3. The minimum atomic E-state index is -0.281. The quantitative estimate of drug-likeness (QED) is 0.361. The van der Waals surface area contributed by atoms with Gasteiger partial charge >= 0.3 is 0 Å². The van der Waals surface area contributed by atoms with Crippen molar-refractivity contribution in [2.45, 2.75) is 13.2 Å². The summed E-state index contributed by atoms with van der Waals surface area (Å²) in [5.74, 6) is 0.258. The Labute approximate surface area is 184 Å². The summed E-state index contributed by atoms with van der Waals surface area (Å²) in [7, 11) is 0. The fourth-order valence-electron chi connectivity index (χ4n) is 3.02. The molecule has 4 rings (SSSR count). The van der Waals surface area contributed by atoms with Crippen LogP contribution in [-0.2, 0) is 17.9 Å². The molecule has 3 aromatic rings. The van der Waals surface area contributed by atoms with Crippen LogP contribution in [0.25, 0.3) is 6.08 Å². The molecule has 0 saturated carbocycles. The number of rotatable bonds is 6. The Hall–Kier alpha value is -2.96. The SMILES string of the molecule is O=C1/C(=C\c2ccccc2OCc2ccc(F)cc2)SC(=S)N1Cc1ccccc1. The van der Waals surface area contributed by atoms with Crippen LogP contribution in [0.1, 0.15) is 16.7 Å². The van der Waals surface area contributed by atoms with Crippen LogP contribution >= 0.6 is 24.0 Å². The smallest absolute Gasteiger partial charge is 0.266 e. The normalized spacial score (nSPS) is 15.1. The molecular formula is C24H18FNO2S2. The lowest BCUT2D eigenvalue weighted by molar-refractivity contribution is -0.122. The molecule has 0 radical (unpaired) electrons. The maximum absolute atomic E-state index is 13.1. The third-order valence-electron chi connectivity index (χ3n) is 4.57. The molecule has 1 saturated heterocycles. The van der Waals surface area contributed by atoms with E-state index in [2.05, 4.69) is 0 Å². The van der Waals surface area contributed by atoms with Gasteiger partial charge < -0.3 is 4.74 Å². The van der Waals surface area contributed by atoms with Crippen molar-refractivity contribution in [2.75, 3.05) is 0 Å². The zero-order valence-electron chi connectivity index (χ0n) is 16.0. The first-order valence-electron chi connectivity index (χ1n) is 9.36. The van der Waals surface area contributed by atoms with E-state index in [9.17, 15) is 9.18 Å². The molecule has 1 aliphatic rings. The average molecular weight is 436 g/mol. The fraction of sp³-hybridized carbons (Fsp3) is 0.0833. The second kappa shape index (κ2) is 9.24. The van der Waals surface area contributed by atoms with Crippen LogP contribution in [0.4, 0.5) is 4.39 Å². The number of para-hydroxylation sites is 1. The molecule has 0 atom stereocenters. The summed E-state index contributed by atoms with van der Waals surface area (Å²) in [6, 6.07) is 23.5. The van der Waals surface area contributed by atoms with Crippen LogP contribution < -0.4 is 4.74 Å². The van der Waals surface area contributed by atoms with E-state index in [0.29, 0.717) is 28.1 Å². The van der Waals surface area contributed by atoms with Crippen LogP contribution in [0.2, 0.25) is 0 Å². The number of hydrogen-bond acceptors (Lipinski definition) is 4. The van der Waals surface area contributed by atoms with Crippen molar-refractivity contribution in [1.82, 2.24) is 4.90 Å². The molecule has 0 spiro atoms. The van der Waals surface area contributed by atoms with Gasteiger partial charge in [0, 0.05) is 5.56 Å². The predicted octanol–water partition coefficient (Wildman–Crippen LogP) is 5.81. The van der Waals surface area contributed by atoms with E-state index in [1.807, 2.05) is 60.7 Å². The van der Waals surface area contributed by atoms with E-state index in [1.54, 1.807) is 17.0 Å². The van der Waals surface area contributed by atoms with Crippen LogP contribution in [0.5, 0.6) is 5.75 Å². The van der Waals surface area contributed by atoms with Gasteiger partial charge in [-0.25, -0.2) is 4.39 Å². The second-order valence-electron chi connectivity index (χ2n) is 6.71. The summed E-state index contributed by atoms with van der Waals surface area (Å²) in [5.41, 5.74) is 2.68. The zero-order valence-corrected chi connectivity index (χ0v) is 17.6. The molecule has 0 aromatic heterocycles. The van der Waals surface area contributed by atoms with E-state index >= 15 is 0 Å². The van der Waals surface area contributed by atoms with E-state index in [1.165, 1.54) is 23.9 Å². The van der Waals surface area contributed by atoms with Crippen molar-refractivity contribution in [3.05, 3.63) is 106 Å². The number of carbonyl (C=O) groups is 1. The van der Waals surface area contributed by atoms with Gasteiger partial charge in [-0.05, 0) is 35.4 Å². The molecule has 6 heteroatoms. The summed E-state index contributed by atoms with van der Waals surface area (Å²) in [6.45, 7) is 0.756. The molecule has 3 aromatic carbocycles. The van der Waals surface area contributed by atoms with Gasteiger partial charge in [0.2, 0.25) is 0 Å². The lowest BCUT2D eigenvalue weighted by atomic mass is 10.1. The molecule has 0 aliphatic carbocycles. The number of benzene rings is 3. The van der Waals surface area contributed by atoms with Gasteiger partial charge in [-0.1, -0.05) is 84.6 Å². The molecule has 0 bridgehead atoms. The van der Waals surface area contributed by atoms with Crippen LogP contribution in [0.15, 0.2) is 83.8 Å². The van der Waals surface area contributed by atoms with Gasteiger partial charge in [0.1, 0.15) is 22.5 Å². The zero-order chi connectivity index (χ0) is 20.9. The topological polar surface area (TPSA) is 29.5 Å². The predicted molar refractivity (Wildman–Crippen MR) is 122 cm³/mol. The first-order valence-corrected chi connectivity index (χ1v) is 10.6. The van der Waals surface area contributed by atoms with E-state index in [4.69, 9.17) is 17.0 Å². The first-order chi connectivity index (χ1) is 14.6. The lowest BCUT2D eigenvalue weighted by Crippen LogP contribution is -2.27. The minimum Gasteiger partial charge on any atom is -0.488 e. The summed E-state index contributed by atoms with van der Waals surface area (Å²) in [6.07, 6.45) is 1.81. The van der Waals surface area contributed by atoms with Gasteiger partial charge in [-0.3, -0.25) is 9.69 Å². The number of amides is 1. The minimum absolute atomic E-state index is 0.109. The largest absolute Gasteiger partial charge is 0.488 e. The standard InChI is InChI=1S/C24H18FNO2S2/c25-20-12-10-18(11-13-20)16-28-21-9-5-4-8-19(21)14-22-23(27)26(24(29)30-22)15-17-6-2-1-3-7-17/h1-14H,15-16H2/b22-14+. The molecule has 3 nitrogen and oxygen atoms in total. The Kier molecular flexibility index (Phi) is 6.26. The number of halogens is 1. The lowest BCUT2D eigenvalue weighted by Gasteiger charge is -2.14. The molecule has 1 aliphatic heterocycles. The van der Waals surface area contributed by atoms with Crippen LogP contribution in [-0.4, -0.2) is 15.1 Å². The Bertz CT molecular complexity index is 1100. The Morgan fingerprint density at radius 1 is 0.933 bits per heavy atom. The molecule has 150 valence electrons. The molecule has 1 heterocycles. The van der Waals surface area contributed by atoms with Crippen molar-refractivity contribution in [3.63, 3.8) is 0 Å². The van der Waals surface area contributed by atoms with E-state index in [-0.39, 0.29) is 11.7 Å². The molecule has 1 amide bonds. The number of ether oxygens (including phenoxy) is 1. The summed E-state index contributed by atoms with van der Waals surface area (Å²) in [5, 5.41) is 0. The molecule has 0 N–H and O–H groups in total.